The zero-order valence-corrected chi connectivity index (χ0v) is 7.99. The maximum absolute atomic E-state index is 3.37. The van der Waals surface area contributed by atoms with Gasteiger partial charge in [-0.2, -0.15) is 0 Å². The van der Waals surface area contributed by atoms with E-state index < -0.39 is 0 Å². The summed E-state index contributed by atoms with van der Waals surface area (Å²) in [5.41, 5.74) is 0. The molecule has 0 aliphatic carbocycles. The second-order valence-corrected chi connectivity index (χ2v) is 3.67. The molecule has 1 aromatic heterocycles. The molecule has 0 aliphatic heterocycles. The molecule has 2 heteroatoms. The molecule has 0 spiro atoms. The first-order chi connectivity index (χ1) is 4.93. The highest BCUT2D eigenvalue weighted by molar-refractivity contribution is 9.09. The zero-order valence-electron chi connectivity index (χ0n) is 5.59. The van der Waals surface area contributed by atoms with Crippen LogP contribution in [0.3, 0.4) is 0 Å². The van der Waals surface area contributed by atoms with Gasteiger partial charge in [-0.25, -0.2) is 0 Å². The summed E-state index contributed by atoms with van der Waals surface area (Å²) in [5.74, 6) is 0. The van der Waals surface area contributed by atoms with Gasteiger partial charge in [-0.15, -0.1) is 11.3 Å². The van der Waals surface area contributed by atoms with Gasteiger partial charge in [-0.1, -0.05) is 28.1 Å². The number of alkyl halides is 1. The summed E-state index contributed by atoms with van der Waals surface area (Å²) in [6, 6.07) is 4.19. The van der Waals surface area contributed by atoms with E-state index in [1.165, 1.54) is 4.88 Å². The number of hydrogen-bond donors (Lipinski definition) is 0. The molecule has 0 N–H and O–H groups in total. The molecule has 0 amide bonds. The van der Waals surface area contributed by atoms with Crippen LogP contribution < -0.4 is 0 Å². The fraction of sp³-hybridized carbons (Fsp3) is 0.250. The quantitative estimate of drug-likeness (QED) is 0.679. The molecule has 1 aromatic rings. The van der Waals surface area contributed by atoms with Crippen molar-refractivity contribution in [1.29, 1.82) is 0 Å². The van der Waals surface area contributed by atoms with Crippen LogP contribution in [0.4, 0.5) is 0 Å². The standard InChI is InChI=1S/C8H9BrS/c9-6-2-1-4-8-5-3-7-10-8/h1,3-5,7H,2,6H2. The molecule has 1 rings (SSSR count). The van der Waals surface area contributed by atoms with E-state index in [9.17, 15) is 0 Å². The smallest absolute Gasteiger partial charge is 0.0267 e. The molecular formula is C8H9BrS. The van der Waals surface area contributed by atoms with Crippen molar-refractivity contribution in [1.82, 2.24) is 0 Å². The van der Waals surface area contributed by atoms with E-state index in [1.54, 1.807) is 11.3 Å². The summed E-state index contributed by atoms with van der Waals surface area (Å²) >= 11 is 5.14. The normalized spacial score (nSPS) is 10.9. The summed E-state index contributed by atoms with van der Waals surface area (Å²) in [4.78, 5) is 1.33. The SMILES string of the molecule is BrCCC=Cc1cccs1. The third-order valence-corrected chi connectivity index (χ3v) is 2.40. The van der Waals surface area contributed by atoms with Crippen LogP contribution in [0.1, 0.15) is 11.3 Å². The van der Waals surface area contributed by atoms with Crippen molar-refractivity contribution in [3.8, 4) is 0 Å². The Balaban J connectivity index is 2.40. The van der Waals surface area contributed by atoms with Gasteiger partial charge in [0.15, 0.2) is 0 Å². The van der Waals surface area contributed by atoms with E-state index in [2.05, 4.69) is 45.6 Å². The molecule has 0 atom stereocenters. The molecule has 0 bridgehead atoms. The fourth-order valence-corrected chi connectivity index (χ4v) is 1.56. The molecule has 0 radical (unpaired) electrons. The minimum Gasteiger partial charge on any atom is -0.144 e. The van der Waals surface area contributed by atoms with Crippen LogP contribution >= 0.6 is 27.3 Å². The third-order valence-electron chi connectivity index (χ3n) is 1.10. The summed E-state index contributed by atoms with van der Waals surface area (Å²) < 4.78 is 0. The van der Waals surface area contributed by atoms with Gasteiger partial charge in [-0.05, 0) is 23.9 Å². The van der Waals surface area contributed by atoms with Crippen LogP contribution in [-0.4, -0.2) is 5.33 Å². The maximum atomic E-state index is 3.37. The van der Waals surface area contributed by atoms with Crippen LogP contribution in [-0.2, 0) is 0 Å². The molecule has 1 heterocycles. The van der Waals surface area contributed by atoms with Crippen LogP contribution in [0.25, 0.3) is 6.08 Å². The molecular weight excluding hydrogens is 208 g/mol. The monoisotopic (exact) mass is 216 g/mol. The van der Waals surface area contributed by atoms with Crippen LogP contribution in [0.15, 0.2) is 23.6 Å². The Morgan fingerprint density at radius 2 is 2.50 bits per heavy atom. The minimum absolute atomic E-state index is 1.05. The van der Waals surface area contributed by atoms with Crippen molar-refractivity contribution in [3.05, 3.63) is 28.5 Å². The largest absolute Gasteiger partial charge is 0.144 e. The van der Waals surface area contributed by atoms with Crippen molar-refractivity contribution in [2.24, 2.45) is 0 Å². The van der Waals surface area contributed by atoms with Crippen molar-refractivity contribution in [2.75, 3.05) is 5.33 Å². The molecule has 0 nitrogen and oxygen atoms in total. The lowest BCUT2D eigenvalue weighted by Gasteiger charge is -1.82. The summed E-state index contributed by atoms with van der Waals surface area (Å²) in [6.07, 6.45) is 5.45. The minimum atomic E-state index is 1.05. The number of rotatable bonds is 3. The van der Waals surface area contributed by atoms with E-state index >= 15 is 0 Å². The predicted molar refractivity (Wildman–Crippen MR) is 51.8 cm³/mol. The third kappa shape index (κ3) is 2.67. The molecule has 0 saturated heterocycles. The van der Waals surface area contributed by atoms with Crippen LogP contribution in [0.5, 0.6) is 0 Å². The van der Waals surface area contributed by atoms with Gasteiger partial charge in [-0.3, -0.25) is 0 Å². The maximum Gasteiger partial charge on any atom is 0.0267 e. The van der Waals surface area contributed by atoms with Gasteiger partial charge in [0.05, 0.1) is 0 Å². The topological polar surface area (TPSA) is 0 Å². The average molecular weight is 217 g/mol. The fourth-order valence-electron chi connectivity index (χ4n) is 0.649. The highest BCUT2D eigenvalue weighted by Gasteiger charge is 1.83. The molecule has 10 heavy (non-hydrogen) atoms. The lowest BCUT2D eigenvalue weighted by Crippen LogP contribution is -1.64. The van der Waals surface area contributed by atoms with Gasteiger partial charge in [0.2, 0.25) is 0 Å². The Morgan fingerprint density at radius 1 is 1.60 bits per heavy atom. The second-order valence-electron chi connectivity index (χ2n) is 1.90. The Kier molecular flexibility index (Phi) is 3.76. The Bertz CT molecular complexity index is 189. The number of thiophene rings is 1. The molecule has 0 aliphatic rings. The van der Waals surface area contributed by atoms with Crippen molar-refractivity contribution < 1.29 is 0 Å². The number of halogens is 1. The molecule has 0 unspecified atom stereocenters. The van der Waals surface area contributed by atoms with Crippen LogP contribution in [0.2, 0.25) is 0 Å². The van der Waals surface area contributed by atoms with Crippen molar-refractivity contribution in [2.45, 2.75) is 6.42 Å². The van der Waals surface area contributed by atoms with E-state index in [-0.39, 0.29) is 0 Å². The second kappa shape index (κ2) is 4.69. The van der Waals surface area contributed by atoms with E-state index in [0.717, 1.165) is 11.8 Å². The average Bonchev–Trinajstić information content (AvgIpc) is 2.41. The number of allylic oxidation sites excluding steroid dienone is 1. The van der Waals surface area contributed by atoms with Crippen molar-refractivity contribution in [3.63, 3.8) is 0 Å². The van der Waals surface area contributed by atoms with E-state index in [1.807, 2.05) is 0 Å². The van der Waals surface area contributed by atoms with E-state index in [4.69, 9.17) is 0 Å². The lowest BCUT2D eigenvalue weighted by molar-refractivity contribution is 1.27. The number of hydrogen-bond acceptors (Lipinski definition) is 1. The first kappa shape index (κ1) is 8.02. The molecule has 0 saturated carbocycles. The highest BCUT2D eigenvalue weighted by Crippen LogP contribution is 2.10. The summed E-state index contributed by atoms with van der Waals surface area (Å²) in [6.45, 7) is 0. The highest BCUT2D eigenvalue weighted by atomic mass is 79.9. The summed E-state index contributed by atoms with van der Waals surface area (Å²) in [7, 11) is 0. The van der Waals surface area contributed by atoms with Gasteiger partial charge >= 0.3 is 0 Å². The summed E-state index contributed by atoms with van der Waals surface area (Å²) in [5, 5.41) is 3.14. The van der Waals surface area contributed by atoms with E-state index in [0.29, 0.717) is 0 Å². The zero-order chi connectivity index (χ0) is 7.23. The van der Waals surface area contributed by atoms with Crippen molar-refractivity contribution >= 4 is 33.3 Å². The lowest BCUT2D eigenvalue weighted by atomic mass is 10.4. The Hall–Kier alpha value is -0.0800. The van der Waals surface area contributed by atoms with Crippen LogP contribution in [0, 0.1) is 0 Å². The molecule has 54 valence electrons. The first-order valence-corrected chi connectivity index (χ1v) is 5.19. The van der Waals surface area contributed by atoms with Gasteiger partial charge in [0.25, 0.3) is 0 Å². The van der Waals surface area contributed by atoms with Gasteiger partial charge in [0.1, 0.15) is 0 Å². The Morgan fingerprint density at radius 3 is 3.10 bits per heavy atom. The van der Waals surface area contributed by atoms with Gasteiger partial charge < -0.3 is 0 Å². The Labute approximate surface area is 73.7 Å². The van der Waals surface area contributed by atoms with Gasteiger partial charge in [0, 0.05) is 10.2 Å². The first-order valence-electron chi connectivity index (χ1n) is 3.19. The molecule has 0 aromatic carbocycles. The predicted octanol–water partition coefficient (Wildman–Crippen LogP) is 3.55. The molecule has 0 fully saturated rings.